The van der Waals surface area contributed by atoms with Crippen molar-refractivity contribution in [2.45, 2.75) is 224 Å². The Bertz CT molecular complexity index is 1630. The Kier molecular flexibility index (Phi) is 36.5. The van der Waals surface area contributed by atoms with Crippen LogP contribution in [0.25, 0.3) is 0 Å². The van der Waals surface area contributed by atoms with Gasteiger partial charge in [0.1, 0.15) is 43.2 Å². The molecule has 69 heavy (non-hydrogen) atoms. The van der Waals surface area contributed by atoms with Gasteiger partial charge in [-0.25, -0.2) is 13.7 Å². The number of carbonyl (C=O) groups excluding carboxylic acids is 2. The fraction of sp³-hybridized carbons (Fsp3) is 0.787. The van der Waals surface area contributed by atoms with E-state index in [1.165, 1.54) is 44.9 Å². The van der Waals surface area contributed by atoms with Crippen LogP contribution in [0.15, 0.2) is 48.6 Å². The molecule has 0 spiro atoms. The zero-order valence-corrected chi connectivity index (χ0v) is 43.6. The molecule has 402 valence electrons. The van der Waals surface area contributed by atoms with Crippen LogP contribution < -0.4 is 0 Å². The number of phosphoric ester groups is 3. The van der Waals surface area contributed by atoms with Crippen LogP contribution in [-0.2, 0) is 50.9 Å². The largest absolute Gasteiger partial charge is 0.472 e. The number of ether oxygens (including phenoxy) is 2. The van der Waals surface area contributed by atoms with Crippen LogP contribution in [0.4, 0.5) is 0 Å². The fourth-order valence-corrected chi connectivity index (χ4v) is 9.44. The van der Waals surface area contributed by atoms with Crippen LogP contribution in [0.2, 0.25) is 0 Å². The van der Waals surface area contributed by atoms with Crippen LogP contribution >= 0.6 is 23.5 Å². The molecule has 0 bridgehead atoms. The Morgan fingerprint density at radius 1 is 0.464 bits per heavy atom. The molecule has 0 heterocycles. The van der Waals surface area contributed by atoms with Gasteiger partial charge in [0.2, 0.25) is 0 Å². The molecule has 1 fully saturated rings. The highest BCUT2D eigenvalue weighted by Crippen LogP contribution is 2.51. The molecule has 8 atom stereocenters. The fourth-order valence-electron chi connectivity index (χ4n) is 7.35. The first-order valence-electron chi connectivity index (χ1n) is 24.9. The normalized spacial score (nSPS) is 21.7. The van der Waals surface area contributed by atoms with Crippen LogP contribution in [0.1, 0.15) is 181 Å². The van der Waals surface area contributed by atoms with Gasteiger partial charge in [0.25, 0.3) is 0 Å². The second-order valence-corrected chi connectivity index (χ2v) is 21.2. The Morgan fingerprint density at radius 3 is 1.33 bits per heavy atom. The maximum absolute atomic E-state index is 13.1. The van der Waals surface area contributed by atoms with Crippen molar-refractivity contribution in [3.05, 3.63) is 48.6 Å². The van der Waals surface area contributed by atoms with E-state index in [1.807, 2.05) is 0 Å². The quantitative estimate of drug-likeness (QED) is 0.0122. The number of aliphatic hydroxyl groups excluding tert-OH is 3. The van der Waals surface area contributed by atoms with E-state index in [4.69, 9.17) is 18.5 Å². The lowest BCUT2D eigenvalue weighted by atomic mass is 9.85. The molecule has 8 N–H and O–H groups in total. The van der Waals surface area contributed by atoms with E-state index in [1.54, 1.807) is 0 Å². The van der Waals surface area contributed by atoms with Gasteiger partial charge < -0.3 is 49.3 Å². The molecular weight excluding hydrogens is 961 g/mol. The molecule has 0 aromatic heterocycles. The summed E-state index contributed by atoms with van der Waals surface area (Å²) in [5.41, 5.74) is 0. The molecule has 1 aliphatic carbocycles. The van der Waals surface area contributed by atoms with Crippen LogP contribution in [0.5, 0.6) is 0 Å². The third-order valence-corrected chi connectivity index (χ3v) is 13.1. The third-order valence-electron chi connectivity index (χ3n) is 11.1. The number of hydrogen-bond acceptors (Lipinski definition) is 14. The molecule has 22 heteroatoms. The summed E-state index contributed by atoms with van der Waals surface area (Å²) >= 11 is 0. The Balaban J connectivity index is 2.73. The lowest BCUT2D eigenvalue weighted by Crippen LogP contribution is -2.65. The number of phosphoric acid groups is 3. The molecule has 0 amide bonds. The average molecular weight is 1050 g/mol. The van der Waals surface area contributed by atoms with E-state index in [0.29, 0.717) is 19.3 Å². The lowest BCUT2D eigenvalue weighted by molar-refractivity contribution is -0.213. The SMILES string of the molecule is CCCCCC=CCC=CCC=CCCCCCCC(=O)OC(COC(=O)CCCCCCCCCC=CCCCCCC)COP(=O)(O)OC1C(O)C(O)C(OP(=O)(O)O)C(OP(=O)(O)O)C1O. The Morgan fingerprint density at radius 2 is 0.841 bits per heavy atom. The van der Waals surface area contributed by atoms with Gasteiger partial charge in [0, 0.05) is 12.8 Å². The first-order valence-corrected chi connectivity index (χ1v) is 29.5. The number of aliphatic hydroxyl groups is 3. The van der Waals surface area contributed by atoms with Gasteiger partial charge in [-0.2, -0.15) is 0 Å². The van der Waals surface area contributed by atoms with Crippen molar-refractivity contribution in [1.82, 2.24) is 0 Å². The highest BCUT2D eigenvalue weighted by molar-refractivity contribution is 7.47. The average Bonchev–Trinajstić information content (AvgIpc) is 3.28. The van der Waals surface area contributed by atoms with Crippen molar-refractivity contribution in [3.8, 4) is 0 Å². The molecule has 0 radical (unpaired) electrons. The van der Waals surface area contributed by atoms with E-state index in [-0.39, 0.29) is 12.8 Å². The van der Waals surface area contributed by atoms with Crippen molar-refractivity contribution in [1.29, 1.82) is 0 Å². The summed E-state index contributed by atoms with van der Waals surface area (Å²) in [6.45, 7) is 2.89. The molecule has 19 nitrogen and oxygen atoms in total. The summed E-state index contributed by atoms with van der Waals surface area (Å²) in [4.78, 5) is 73.3. The summed E-state index contributed by atoms with van der Waals surface area (Å²) in [6.07, 6.45) is 25.4. The van der Waals surface area contributed by atoms with Crippen molar-refractivity contribution >= 4 is 35.4 Å². The molecule has 0 aliphatic heterocycles. The predicted molar refractivity (Wildman–Crippen MR) is 261 cm³/mol. The van der Waals surface area contributed by atoms with E-state index < -0.39 is 91.3 Å². The number of carbonyl (C=O) groups is 2. The molecule has 0 aromatic rings. The maximum Gasteiger partial charge on any atom is 0.472 e. The summed E-state index contributed by atoms with van der Waals surface area (Å²) in [7, 11) is -16.6. The maximum atomic E-state index is 13.1. The molecule has 8 unspecified atom stereocenters. The van der Waals surface area contributed by atoms with E-state index in [0.717, 1.165) is 89.9 Å². The van der Waals surface area contributed by atoms with Gasteiger partial charge in [0.05, 0.1) is 6.61 Å². The molecule has 1 rings (SSSR count). The second kappa shape index (κ2) is 38.7. The monoisotopic (exact) mass is 1050 g/mol. The summed E-state index contributed by atoms with van der Waals surface area (Å²) in [5, 5.41) is 31.9. The van der Waals surface area contributed by atoms with Crippen LogP contribution in [-0.4, -0.2) is 108 Å². The van der Waals surface area contributed by atoms with E-state index in [9.17, 15) is 63.1 Å². The zero-order valence-electron chi connectivity index (χ0n) is 40.9. The lowest BCUT2D eigenvalue weighted by Gasteiger charge is -2.44. The van der Waals surface area contributed by atoms with Gasteiger partial charge >= 0.3 is 35.4 Å². The molecule has 0 saturated heterocycles. The van der Waals surface area contributed by atoms with Crippen molar-refractivity contribution < 1.29 is 90.6 Å². The van der Waals surface area contributed by atoms with E-state index >= 15 is 0 Å². The van der Waals surface area contributed by atoms with Crippen molar-refractivity contribution in [2.24, 2.45) is 0 Å². The van der Waals surface area contributed by atoms with Crippen molar-refractivity contribution in [3.63, 3.8) is 0 Å². The first kappa shape index (κ1) is 65.1. The highest BCUT2D eigenvalue weighted by Gasteiger charge is 2.56. The van der Waals surface area contributed by atoms with Gasteiger partial charge in [0.15, 0.2) is 6.10 Å². The standard InChI is InChI=1S/C47H85O19P3/c1-3-5-7-9-11-13-15-17-19-20-22-24-26-28-30-32-34-36-41(49)63-39(37-61-40(48)35-33-31-29-27-25-23-21-18-16-14-12-10-8-6-4-2)38-62-69(59,60)66-45-42(50)43(51)46(64-67(53,54)55)47(44(45)52)65-68(56,57)58/h11,13-14,16-17,19,22,24,39,42-47,50-52H,3-10,12,15,18,20-21,23,25-38H2,1-2H3,(H,59,60)(H2,53,54,55)(H2,56,57,58). The zero-order chi connectivity index (χ0) is 51.4. The van der Waals surface area contributed by atoms with Gasteiger partial charge in [-0.05, 0) is 77.0 Å². The molecule has 1 saturated carbocycles. The summed E-state index contributed by atoms with van der Waals surface area (Å²) < 4.78 is 65.5. The Hall–Kier alpha value is -1.89. The number of unbranched alkanes of at least 4 members (excludes halogenated alkanes) is 18. The summed E-state index contributed by atoms with van der Waals surface area (Å²) in [5.74, 6) is -1.33. The van der Waals surface area contributed by atoms with Gasteiger partial charge in [-0.1, -0.05) is 140 Å². The Labute approximate surface area is 410 Å². The number of esters is 2. The minimum absolute atomic E-state index is 0.0294. The number of rotatable bonds is 42. The predicted octanol–water partition coefficient (Wildman–Crippen LogP) is 9.40. The molecule has 1 aliphatic rings. The molecular formula is C47H85O19P3. The van der Waals surface area contributed by atoms with Crippen molar-refractivity contribution in [2.75, 3.05) is 13.2 Å². The van der Waals surface area contributed by atoms with Crippen LogP contribution in [0.3, 0.4) is 0 Å². The highest BCUT2D eigenvalue weighted by atomic mass is 31.2. The number of allylic oxidation sites excluding steroid dienone is 8. The van der Waals surface area contributed by atoms with E-state index in [2.05, 4.69) is 71.5 Å². The minimum atomic E-state index is -5.61. The second-order valence-electron chi connectivity index (χ2n) is 17.4. The number of hydrogen-bond donors (Lipinski definition) is 8. The molecule has 0 aromatic carbocycles. The third kappa shape index (κ3) is 35.0. The van der Waals surface area contributed by atoms with Gasteiger partial charge in [-0.15, -0.1) is 0 Å². The summed E-state index contributed by atoms with van der Waals surface area (Å²) in [6, 6.07) is 0. The smallest absolute Gasteiger partial charge is 0.462 e. The van der Waals surface area contributed by atoms with Gasteiger partial charge in [-0.3, -0.25) is 27.7 Å². The minimum Gasteiger partial charge on any atom is -0.462 e. The topological polar surface area (TPSA) is 303 Å². The first-order chi connectivity index (χ1) is 32.8. The van der Waals surface area contributed by atoms with Crippen LogP contribution in [0, 0.1) is 0 Å².